The Morgan fingerprint density at radius 2 is 1.96 bits per heavy atom. The SMILES string of the molecule is CC1(C)[C@H](C(=O)O)[C@@H]1C(=O)NCc1nc(-c2ccccc2)no1. The van der Waals surface area contributed by atoms with Gasteiger partial charge in [0.05, 0.1) is 18.4 Å². The number of hydrogen-bond donors (Lipinski definition) is 2. The second kappa shape index (κ2) is 5.49. The lowest BCUT2D eigenvalue weighted by molar-refractivity contribution is -0.140. The second-order valence-corrected chi connectivity index (χ2v) is 6.21. The zero-order valence-corrected chi connectivity index (χ0v) is 12.8. The minimum Gasteiger partial charge on any atom is -0.481 e. The number of amides is 1. The van der Waals surface area contributed by atoms with Gasteiger partial charge in [-0.05, 0) is 5.41 Å². The highest BCUT2D eigenvalue weighted by atomic mass is 16.5. The molecule has 0 aliphatic heterocycles. The fourth-order valence-corrected chi connectivity index (χ4v) is 2.89. The van der Waals surface area contributed by atoms with Crippen molar-refractivity contribution in [1.29, 1.82) is 0 Å². The van der Waals surface area contributed by atoms with E-state index in [9.17, 15) is 9.59 Å². The van der Waals surface area contributed by atoms with Crippen LogP contribution in [0.15, 0.2) is 34.9 Å². The first-order valence-corrected chi connectivity index (χ1v) is 7.30. The molecule has 0 radical (unpaired) electrons. The fraction of sp³-hybridized carbons (Fsp3) is 0.375. The van der Waals surface area contributed by atoms with E-state index in [2.05, 4.69) is 15.5 Å². The number of nitrogens with one attached hydrogen (secondary N) is 1. The topological polar surface area (TPSA) is 105 Å². The van der Waals surface area contributed by atoms with Crippen molar-refractivity contribution < 1.29 is 19.2 Å². The number of carboxylic acids is 1. The van der Waals surface area contributed by atoms with E-state index in [0.717, 1.165) is 5.56 Å². The highest BCUT2D eigenvalue weighted by molar-refractivity contribution is 5.91. The first-order valence-electron chi connectivity index (χ1n) is 7.30. The highest BCUT2D eigenvalue weighted by Crippen LogP contribution is 2.58. The van der Waals surface area contributed by atoms with Crippen LogP contribution in [0.4, 0.5) is 0 Å². The van der Waals surface area contributed by atoms with Gasteiger partial charge in [0.25, 0.3) is 0 Å². The van der Waals surface area contributed by atoms with Gasteiger partial charge in [0.2, 0.25) is 17.6 Å². The minimum atomic E-state index is -0.945. The molecule has 7 heteroatoms. The average molecular weight is 315 g/mol. The molecule has 1 amide bonds. The Kier molecular flexibility index (Phi) is 3.63. The lowest BCUT2D eigenvalue weighted by Crippen LogP contribution is -2.27. The number of aromatic nitrogens is 2. The summed E-state index contributed by atoms with van der Waals surface area (Å²) in [4.78, 5) is 27.4. The molecule has 1 fully saturated rings. The van der Waals surface area contributed by atoms with Gasteiger partial charge < -0.3 is 14.9 Å². The van der Waals surface area contributed by atoms with E-state index < -0.39 is 23.2 Å². The number of benzene rings is 1. The monoisotopic (exact) mass is 315 g/mol. The third-order valence-corrected chi connectivity index (χ3v) is 4.29. The summed E-state index contributed by atoms with van der Waals surface area (Å²) in [7, 11) is 0. The van der Waals surface area contributed by atoms with Gasteiger partial charge in [0, 0.05) is 5.56 Å². The first kappa shape index (κ1) is 15.2. The summed E-state index contributed by atoms with van der Waals surface area (Å²) < 4.78 is 5.10. The fourth-order valence-electron chi connectivity index (χ4n) is 2.89. The lowest BCUT2D eigenvalue weighted by Gasteiger charge is -2.02. The van der Waals surface area contributed by atoms with Crippen LogP contribution in [0.3, 0.4) is 0 Å². The van der Waals surface area contributed by atoms with Crippen LogP contribution in [0.2, 0.25) is 0 Å². The molecule has 1 heterocycles. The second-order valence-electron chi connectivity index (χ2n) is 6.21. The van der Waals surface area contributed by atoms with E-state index in [4.69, 9.17) is 9.63 Å². The van der Waals surface area contributed by atoms with Crippen LogP contribution in [-0.2, 0) is 16.1 Å². The van der Waals surface area contributed by atoms with Gasteiger partial charge in [-0.3, -0.25) is 9.59 Å². The molecule has 3 rings (SSSR count). The number of carbonyl (C=O) groups excluding carboxylic acids is 1. The number of nitrogens with zero attached hydrogens (tertiary/aromatic N) is 2. The summed E-state index contributed by atoms with van der Waals surface area (Å²) >= 11 is 0. The van der Waals surface area contributed by atoms with Gasteiger partial charge in [0.1, 0.15) is 0 Å². The van der Waals surface area contributed by atoms with Crippen LogP contribution in [0.1, 0.15) is 19.7 Å². The first-order chi connectivity index (χ1) is 10.9. The van der Waals surface area contributed by atoms with Crippen LogP contribution >= 0.6 is 0 Å². The lowest BCUT2D eigenvalue weighted by atomic mass is 10.1. The van der Waals surface area contributed by atoms with E-state index in [1.165, 1.54) is 0 Å². The van der Waals surface area contributed by atoms with Crippen molar-refractivity contribution >= 4 is 11.9 Å². The van der Waals surface area contributed by atoms with Crippen LogP contribution in [0.5, 0.6) is 0 Å². The smallest absolute Gasteiger partial charge is 0.307 e. The molecule has 0 spiro atoms. The average Bonchev–Trinajstić information content (AvgIpc) is 2.88. The van der Waals surface area contributed by atoms with Gasteiger partial charge in [-0.1, -0.05) is 49.3 Å². The standard InChI is InChI=1S/C16H17N3O4/c1-16(2)11(12(16)15(21)22)14(20)17-8-10-18-13(19-23-10)9-6-4-3-5-7-9/h3-7,11-12H,8H2,1-2H3,(H,17,20)(H,21,22)/t11-,12+/m1/s1. The van der Waals surface area contributed by atoms with E-state index in [0.29, 0.717) is 5.82 Å². The zero-order valence-electron chi connectivity index (χ0n) is 12.8. The Balaban J connectivity index is 1.61. The molecule has 2 atom stereocenters. The van der Waals surface area contributed by atoms with Crippen molar-refractivity contribution in [2.24, 2.45) is 17.3 Å². The third-order valence-electron chi connectivity index (χ3n) is 4.29. The van der Waals surface area contributed by atoms with Gasteiger partial charge >= 0.3 is 5.97 Å². The number of rotatable bonds is 5. The maximum absolute atomic E-state index is 12.1. The number of carboxylic acid groups (broad SMARTS) is 1. The molecular formula is C16H17N3O4. The Labute approximate surface area is 132 Å². The van der Waals surface area contributed by atoms with Crippen LogP contribution in [0, 0.1) is 17.3 Å². The zero-order chi connectivity index (χ0) is 16.6. The molecule has 1 aromatic heterocycles. The Morgan fingerprint density at radius 1 is 1.26 bits per heavy atom. The predicted octanol–water partition coefficient (Wildman–Crippen LogP) is 1.71. The van der Waals surface area contributed by atoms with Crippen molar-refractivity contribution in [3.05, 3.63) is 36.2 Å². The Bertz CT molecular complexity index is 739. The molecule has 0 bridgehead atoms. The molecule has 1 aromatic carbocycles. The molecule has 0 saturated heterocycles. The summed E-state index contributed by atoms with van der Waals surface area (Å²) in [5, 5.41) is 15.6. The molecular weight excluding hydrogens is 298 g/mol. The van der Waals surface area contributed by atoms with E-state index in [1.807, 2.05) is 30.3 Å². The highest BCUT2D eigenvalue weighted by Gasteiger charge is 2.65. The molecule has 1 aliphatic carbocycles. The summed E-state index contributed by atoms with van der Waals surface area (Å²) in [5.74, 6) is -1.70. The number of hydrogen-bond acceptors (Lipinski definition) is 5. The van der Waals surface area contributed by atoms with E-state index in [-0.39, 0.29) is 18.3 Å². The van der Waals surface area contributed by atoms with Crippen molar-refractivity contribution in [2.75, 3.05) is 0 Å². The Hall–Kier alpha value is -2.70. The summed E-state index contributed by atoms with van der Waals surface area (Å²) in [5.41, 5.74) is 0.294. The molecule has 7 nitrogen and oxygen atoms in total. The van der Waals surface area contributed by atoms with Crippen LogP contribution in [-0.4, -0.2) is 27.1 Å². The maximum atomic E-state index is 12.1. The molecule has 23 heavy (non-hydrogen) atoms. The van der Waals surface area contributed by atoms with Gasteiger partial charge in [-0.2, -0.15) is 4.98 Å². The molecule has 2 N–H and O–H groups in total. The van der Waals surface area contributed by atoms with Crippen LogP contribution in [0.25, 0.3) is 11.4 Å². The third kappa shape index (κ3) is 2.81. The van der Waals surface area contributed by atoms with Gasteiger partial charge in [0.15, 0.2) is 0 Å². The molecule has 1 aliphatic rings. The van der Waals surface area contributed by atoms with Gasteiger partial charge in [-0.25, -0.2) is 0 Å². The van der Waals surface area contributed by atoms with Crippen LogP contribution < -0.4 is 5.32 Å². The number of carbonyl (C=O) groups is 2. The Morgan fingerprint density at radius 3 is 2.57 bits per heavy atom. The van der Waals surface area contributed by atoms with Crippen molar-refractivity contribution in [1.82, 2.24) is 15.5 Å². The molecule has 1 saturated carbocycles. The summed E-state index contributed by atoms with van der Waals surface area (Å²) in [6, 6.07) is 9.35. The largest absolute Gasteiger partial charge is 0.481 e. The predicted molar refractivity (Wildman–Crippen MR) is 80.0 cm³/mol. The summed E-state index contributed by atoms with van der Waals surface area (Å²) in [6.07, 6.45) is 0. The molecule has 120 valence electrons. The quantitative estimate of drug-likeness (QED) is 0.870. The van der Waals surface area contributed by atoms with Crippen molar-refractivity contribution in [2.45, 2.75) is 20.4 Å². The maximum Gasteiger partial charge on any atom is 0.307 e. The summed E-state index contributed by atoms with van der Waals surface area (Å²) in [6.45, 7) is 3.63. The molecule has 2 aromatic rings. The minimum absolute atomic E-state index is 0.0809. The van der Waals surface area contributed by atoms with Crippen molar-refractivity contribution in [3.8, 4) is 11.4 Å². The van der Waals surface area contributed by atoms with E-state index in [1.54, 1.807) is 13.8 Å². The normalized spacial score (nSPS) is 21.7. The van der Waals surface area contributed by atoms with Crippen molar-refractivity contribution in [3.63, 3.8) is 0 Å². The van der Waals surface area contributed by atoms with E-state index >= 15 is 0 Å². The van der Waals surface area contributed by atoms with Gasteiger partial charge in [-0.15, -0.1) is 0 Å². The number of aliphatic carboxylic acids is 1. The molecule has 0 unspecified atom stereocenters.